The van der Waals surface area contributed by atoms with Gasteiger partial charge in [0.15, 0.2) is 5.78 Å². The molecule has 0 bridgehead atoms. The Balaban J connectivity index is 2.22. The van der Waals surface area contributed by atoms with Crippen LogP contribution in [0.25, 0.3) is 6.08 Å². The monoisotopic (exact) mass is 270 g/mol. The van der Waals surface area contributed by atoms with E-state index in [1.807, 2.05) is 38.1 Å². The molecule has 0 aliphatic carbocycles. The number of allylic oxidation sites excluding steroid dienone is 1. The van der Waals surface area contributed by atoms with Gasteiger partial charge in [0.2, 0.25) is 0 Å². The van der Waals surface area contributed by atoms with E-state index in [9.17, 15) is 4.79 Å². The van der Waals surface area contributed by atoms with Gasteiger partial charge in [0, 0.05) is 18.3 Å². The van der Waals surface area contributed by atoms with E-state index in [0.29, 0.717) is 5.56 Å². The highest BCUT2D eigenvalue weighted by molar-refractivity contribution is 6.07. The molecule has 0 aliphatic rings. The summed E-state index contributed by atoms with van der Waals surface area (Å²) in [6.45, 7) is 4.59. The molecular weight excluding hydrogens is 252 g/mol. The van der Waals surface area contributed by atoms with Crippen LogP contribution < -0.4 is 4.74 Å². The minimum absolute atomic E-state index is 0.0480. The fraction of sp³-hybridized carbons (Fsp3) is 0.250. The minimum Gasteiger partial charge on any atom is -0.496 e. The molecule has 2 rings (SSSR count). The second-order valence-electron chi connectivity index (χ2n) is 4.42. The van der Waals surface area contributed by atoms with Crippen LogP contribution in [0.1, 0.15) is 28.5 Å². The lowest BCUT2D eigenvalue weighted by atomic mass is 10.1. The van der Waals surface area contributed by atoms with Gasteiger partial charge in [0.25, 0.3) is 0 Å². The number of ketones is 1. The zero-order valence-electron chi connectivity index (χ0n) is 12.0. The summed E-state index contributed by atoms with van der Waals surface area (Å²) in [4.78, 5) is 12.2. The standard InChI is InChI=1S/C16H18N2O2/c1-4-18-11-14(12(2)17-18)15(19)10-9-13-7-5-6-8-16(13)20-3/h5-11H,4H2,1-3H3/b10-9+. The second-order valence-corrected chi connectivity index (χ2v) is 4.42. The molecule has 1 aromatic carbocycles. The minimum atomic E-state index is -0.0480. The van der Waals surface area contributed by atoms with Gasteiger partial charge in [-0.05, 0) is 32.1 Å². The summed E-state index contributed by atoms with van der Waals surface area (Å²) in [6.07, 6.45) is 5.11. The number of hydrogen-bond donors (Lipinski definition) is 0. The van der Waals surface area contributed by atoms with Crippen molar-refractivity contribution in [3.05, 3.63) is 53.4 Å². The number of rotatable bonds is 5. The van der Waals surface area contributed by atoms with Crippen LogP contribution in [0.15, 0.2) is 36.5 Å². The molecule has 1 heterocycles. The molecule has 0 radical (unpaired) electrons. The largest absolute Gasteiger partial charge is 0.496 e. The number of nitrogens with zero attached hydrogens (tertiary/aromatic N) is 2. The molecule has 20 heavy (non-hydrogen) atoms. The van der Waals surface area contributed by atoms with Gasteiger partial charge < -0.3 is 4.74 Å². The van der Waals surface area contributed by atoms with Crippen LogP contribution in [-0.2, 0) is 6.54 Å². The van der Waals surface area contributed by atoms with Gasteiger partial charge in [-0.2, -0.15) is 5.10 Å². The molecule has 0 N–H and O–H groups in total. The van der Waals surface area contributed by atoms with Gasteiger partial charge in [-0.25, -0.2) is 0 Å². The number of para-hydroxylation sites is 1. The summed E-state index contributed by atoms with van der Waals surface area (Å²) in [5.41, 5.74) is 2.27. The zero-order chi connectivity index (χ0) is 14.5. The van der Waals surface area contributed by atoms with Crippen molar-refractivity contribution in [3.63, 3.8) is 0 Å². The Morgan fingerprint density at radius 1 is 1.40 bits per heavy atom. The number of carbonyl (C=O) groups is 1. The van der Waals surface area contributed by atoms with E-state index in [-0.39, 0.29) is 5.78 Å². The molecule has 0 aliphatic heterocycles. The highest BCUT2D eigenvalue weighted by Crippen LogP contribution is 2.19. The van der Waals surface area contributed by atoms with Crippen molar-refractivity contribution in [3.8, 4) is 5.75 Å². The average molecular weight is 270 g/mol. The first-order valence-corrected chi connectivity index (χ1v) is 6.55. The molecule has 0 fully saturated rings. The molecule has 0 saturated heterocycles. The molecule has 0 saturated carbocycles. The Kier molecular flexibility index (Phi) is 4.35. The van der Waals surface area contributed by atoms with Crippen LogP contribution in [0.3, 0.4) is 0 Å². The smallest absolute Gasteiger partial charge is 0.189 e. The molecule has 4 nitrogen and oxygen atoms in total. The fourth-order valence-corrected chi connectivity index (χ4v) is 1.98. The quantitative estimate of drug-likeness (QED) is 0.619. The third-order valence-electron chi connectivity index (χ3n) is 3.09. The van der Waals surface area contributed by atoms with E-state index in [1.54, 1.807) is 30.1 Å². The first-order valence-electron chi connectivity index (χ1n) is 6.55. The zero-order valence-corrected chi connectivity index (χ0v) is 12.0. The fourth-order valence-electron chi connectivity index (χ4n) is 1.98. The molecule has 2 aromatic rings. The lowest BCUT2D eigenvalue weighted by molar-refractivity contribution is 0.104. The van der Waals surface area contributed by atoms with E-state index in [2.05, 4.69) is 5.10 Å². The number of hydrogen-bond acceptors (Lipinski definition) is 3. The topological polar surface area (TPSA) is 44.1 Å². The Labute approximate surface area is 118 Å². The van der Waals surface area contributed by atoms with Crippen LogP contribution in [0, 0.1) is 6.92 Å². The van der Waals surface area contributed by atoms with Crippen molar-refractivity contribution >= 4 is 11.9 Å². The Hall–Kier alpha value is -2.36. The van der Waals surface area contributed by atoms with Crippen molar-refractivity contribution in [2.45, 2.75) is 20.4 Å². The SMILES string of the molecule is CCn1cc(C(=O)/C=C/c2ccccc2OC)c(C)n1. The van der Waals surface area contributed by atoms with Crippen molar-refractivity contribution < 1.29 is 9.53 Å². The number of methoxy groups -OCH3 is 1. The molecule has 4 heteroatoms. The lowest BCUT2D eigenvalue weighted by Gasteiger charge is -2.02. The number of carbonyl (C=O) groups excluding carboxylic acids is 1. The normalized spacial score (nSPS) is 10.9. The average Bonchev–Trinajstić information content (AvgIpc) is 2.86. The molecule has 104 valence electrons. The van der Waals surface area contributed by atoms with Crippen LogP contribution in [0.4, 0.5) is 0 Å². The molecule has 0 spiro atoms. The summed E-state index contributed by atoms with van der Waals surface area (Å²) >= 11 is 0. The second kappa shape index (κ2) is 6.19. The predicted molar refractivity (Wildman–Crippen MR) is 79.0 cm³/mol. The van der Waals surface area contributed by atoms with Crippen molar-refractivity contribution in [2.24, 2.45) is 0 Å². The van der Waals surface area contributed by atoms with E-state index >= 15 is 0 Å². The summed E-state index contributed by atoms with van der Waals surface area (Å²) in [6, 6.07) is 7.58. The Bertz CT molecular complexity index is 642. The molecule has 1 aromatic heterocycles. The Morgan fingerprint density at radius 2 is 2.15 bits per heavy atom. The summed E-state index contributed by atoms with van der Waals surface area (Å²) in [7, 11) is 1.62. The first-order chi connectivity index (χ1) is 9.65. The van der Waals surface area contributed by atoms with Crippen molar-refractivity contribution in [1.82, 2.24) is 9.78 Å². The van der Waals surface area contributed by atoms with Gasteiger partial charge >= 0.3 is 0 Å². The molecule has 0 amide bonds. The van der Waals surface area contributed by atoms with Gasteiger partial charge in [-0.3, -0.25) is 9.48 Å². The number of benzene rings is 1. The van der Waals surface area contributed by atoms with E-state index in [4.69, 9.17) is 4.74 Å². The number of aromatic nitrogens is 2. The first kappa shape index (κ1) is 14.1. The maximum Gasteiger partial charge on any atom is 0.189 e. The van der Waals surface area contributed by atoms with Crippen LogP contribution in [-0.4, -0.2) is 22.7 Å². The van der Waals surface area contributed by atoms with Crippen molar-refractivity contribution in [1.29, 1.82) is 0 Å². The molecule has 0 unspecified atom stereocenters. The Morgan fingerprint density at radius 3 is 2.80 bits per heavy atom. The van der Waals surface area contributed by atoms with Gasteiger partial charge in [-0.15, -0.1) is 0 Å². The molecular formula is C16H18N2O2. The summed E-state index contributed by atoms with van der Waals surface area (Å²) in [5.74, 6) is 0.700. The van der Waals surface area contributed by atoms with Crippen LogP contribution in [0.5, 0.6) is 5.75 Å². The van der Waals surface area contributed by atoms with E-state index < -0.39 is 0 Å². The van der Waals surface area contributed by atoms with E-state index in [1.165, 1.54) is 0 Å². The maximum absolute atomic E-state index is 12.2. The highest BCUT2D eigenvalue weighted by atomic mass is 16.5. The third-order valence-corrected chi connectivity index (χ3v) is 3.09. The summed E-state index contributed by atoms with van der Waals surface area (Å²) in [5, 5.41) is 4.28. The maximum atomic E-state index is 12.2. The van der Waals surface area contributed by atoms with Gasteiger partial charge in [0.1, 0.15) is 5.75 Å². The van der Waals surface area contributed by atoms with Crippen LogP contribution in [0.2, 0.25) is 0 Å². The third kappa shape index (κ3) is 2.96. The van der Waals surface area contributed by atoms with E-state index in [0.717, 1.165) is 23.6 Å². The predicted octanol–water partition coefficient (Wildman–Crippen LogP) is 3.12. The summed E-state index contributed by atoms with van der Waals surface area (Å²) < 4.78 is 7.01. The van der Waals surface area contributed by atoms with Gasteiger partial charge in [-0.1, -0.05) is 18.2 Å². The van der Waals surface area contributed by atoms with Crippen LogP contribution >= 0.6 is 0 Å². The lowest BCUT2D eigenvalue weighted by Crippen LogP contribution is -1.95. The van der Waals surface area contributed by atoms with Gasteiger partial charge in [0.05, 0.1) is 18.4 Å². The molecule has 0 atom stereocenters. The number of ether oxygens (including phenoxy) is 1. The number of aryl methyl sites for hydroxylation is 2. The van der Waals surface area contributed by atoms with Crippen molar-refractivity contribution in [2.75, 3.05) is 7.11 Å². The highest BCUT2D eigenvalue weighted by Gasteiger charge is 2.10.